The number of nitrogens with zero attached hydrogens (tertiary/aromatic N) is 8. The molecule has 0 radical (unpaired) electrons. The molecule has 16 heteroatoms. The average molecular weight is 835 g/mol. The Bertz CT molecular complexity index is 2360. The maximum Gasteiger partial charge on any atom is 0.255 e. The van der Waals surface area contributed by atoms with E-state index in [1.807, 2.05) is 18.2 Å². The summed E-state index contributed by atoms with van der Waals surface area (Å²) in [6, 6.07) is 10.7. The van der Waals surface area contributed by atoms with Crippen molar-refractivity contribution >= 4 is 40.1 Å². The number of piperidine rings is 2. The molecule has 1 aliphatic carbocycles. The summed E-state index contributed by atoms with van der Waals surface area (Å²) in [5.74, 6) is 0.652. The summed E-state index contributed by atoms with van der Waals surface area (Å²) >= 11 is 0. The third kappa shape index (κ3) is 7.93. The summed E-state index contributed by atoms with van der Waals surface area (Å²) in [6.07, 6.45) is 6.14. The number of amides is 3. The van der Waals surface area contributed by atoms with Crippen LogP contribution in [0.15, 0.2) is 42.7 Å². The number of H-pyrrole nitrogens is 1. The molecule has 2 N–H and O–H groups in total. The number of aromatic nitrogens is 4. The van der Waals surface area contributed by atoms with E-state index in [0.717, 1.165) is 118 Å². The van der Waals surface area contributed by atoms with Crippen LogP contribution in [-0.4, -0.2) is 141 Å². The van der Waals surface area contributed by atoms with E-state index < -0.39 is 11.9 Å². The van der Waals surface area contributed by atoms with Crippen LogP contribution in [0.3, 0.4) is 0 Å². The van der Waals surface area contributed by atoms with Gasteiger partial charge in [-0.25, -0.2) is 14.4 Å². The number of imide groups is 1. The monoisotopic (exact) mass is 834 g/mol. The van der Waals surface area contributed by atoms with Gasteiger partial charge in [-0.1, -0.05) is 0 Å². The number of hydrogen-bond acceptors (Lipinski definition) is 12. The average Bonchev–Trinajstić information content (AvgIpc) is 3.66. The van der Waals surface area contributed by atoms with Crippen LogP contribution in [0, 0.1) is 11.7 Å². The van der Waals surface area contributed by atoms with E-state index in [1.54, 1.807) is 18.5 Å². The molecule has 1 saturated carbocycles. The molecule has 4 aromatic rings. The summed E-state index contributed by atoms with van der Waals surface area (Å²) in [6.45, 7) is 15.2. The smallest absolute Gasteiger partial charge is 0.255 e. The highest BCUT2D eigenvalue weighted by atomic mass is 19.1. The highest BCUT2D eigenvalue weighted by Gasteiger charge is 2.42. The second kappa shape index (κ2) is 15.6. The molecule has 0 spiro atoms. The van der Waals surface area contributed by atoms with Gasteiger partial charge < -0.3 is 24.2 Å². The van der Waals surface area contributed by atoms with Crippen molar-refractivity contribution in [2.24, 2.45) is 5.92 Å². The molecule has 3 amide bonds. The Kier molecular flexibility index (Phi) is 10.2. The zero-order valence-corrected chi connectivity index (χ0v) is 35.3. The van der Waals surface area contributed by atoms with Gasteiger partial charge in [0.25, 0.3) is 5.91 Å². The Balaban J connectivity index is 0.718. The Morgan fingerprint density at radius 1 is 0.934 bits per heavy atom. The van der Waals surface area contributed by atoms with E-state index >= 15 is 4.39 Å². The number of anilines is 2. The van der Waals surface area contributed by atoms with Crippen molar-refractivity contribution < 1.29 is 28.2 Å². The van der Waals surface area contributed by atoms with Gasteiger partial charge in [-0.05, 0) is 89.1 Å². The fourth-order valence-electron chi connectivity index (χ4n) is 10.1. The number of aromatic amines is 1. The Morgan fingerprint density at radius 2 is 1.77 bits per heavy atom. The molecule has 15 nitrogen and oxygen atoms in total. The fraction of sp³-hybridized carbons (Fsp3) is 0.556. The molecule has 2 aromatic carbocycles. The number of morpholine rings is 1. The number of halogens is 1. The Labute approximate surface area is 354 Å². The van der Waals surface area contributed by atoms with Crippen LogP contribution in [0.2, 0.25) is 0 Å². The minimum atomic E-state index is -0.764. The van der Waals surface area contributed by atoms with Gasteiger partial charge in [0.05, 0.1) is 36.2 Å². The molecule has 10 rings (SSSR count). The largest absolute Gasteiger partial charge is 0.488 e. The van der Waals surface area contributed by atoms with Crippen LogP contribution in [0.25, 0.3) is 22.3 Å². The lowest BCUT2D eigenvalue weighted by Crippen LogP contribution is -2.62. The van der Waals surface area contributed by atoms with Gasteiger partial charge in [-0.15, -0.1) is 0 Å². The molecule has 4 saturated heterocycles. The summed E-state index contributed by atoms with van der Waals surface area (Å²) in [5.41, 5.74) is 3.55. The molecule has 7 heterocycles. The SMILES string of the molecule is CC1(Oc2ccc3[nH]nc(-c4cc(N5CCO[C@@H](CN6CCN(CC7CCN(c8ccc9c(c8F)CN(C8CCC(=O)NC8=O)C9=O)CC7)CC6(C)C)C5)ncn4)c3c2)CC1. The first-order valence-corrected chi connectivity index (χ1v) is 21.9. The molecule has 0 bridgehead atoms. The number of hydrogen-bond donors (Lipinski definition) is 2. The normalized spacial score (nSPS) is 24.7. The first kappa shape index (κ1) is 39.9. The summed E-state index contributed by atoms with van der Waals surface area (Å²) in [5, 5.41) is 11.1. The molecule has 2 aromatic heterocycles. The maximum absolute atomic E-state index is 16.1. The predicted octanol–water partition coefficient (Wildman–Crippen LogP) is 4.37. The number of carbonyl (C=O) groups is 3. The molecule has 2 atom stereocenters. The zero-order valence-electron chi connectivity index (χ0n) is 35.3. The van der Waals surface area contributed by atoms with Crippen molar-refractivity contribution in [3.05, 3.63) is 59.7 Å². The van der Waals surface area contributed by atoms with Gasteiger partial charge in [0, 0.05) is 93.4 Å². The topological polar surface area (TPSA) is 152 Å². The van der Waals surface area contributed by atoms with Crippen LogP contribution < -0.4 is 19.9 Å². The van der Waals surface area contributed by atoms with Gasteiger partial charge in [-0.2, -0.15) is 5.10 Å². The van der Waals surface area contributed by atoms with Crippen LogP contribution in [0.1, 0.15) is 75.2 Å². The van der Waals surface area contributed by atoms with E-state index in [1.165, 1.54) is 4.90 Å². The maximum atomic E-state index is 16.1. The Morgan fingerprint density at radius 3 is 2.56 bits per heavy atom. The first-order chi connectivity index (χ1) is 29.4. The third-order valence-corrected chi connectivity index (χ3v) is 13.9. The van der Waals surface area contributed by atoms with E-state index in [4.69, 9.17) is 9.47 Å². The van der Waals surface area contributed by atoms with Gasteiger partial charge in [-0.3, -0.25) is 34.6 Å². The van der Waals surface area contributed by atoms with Crippen LogP contribution in [0.4, 0.5) is 15.9 Å². The first-order valence-electron chi connectivity index (χ1n) is 21.9. The lowest BCUT2D eigenvalue weighted by Gasteiger charge is -2.50. The van der Waals surface area contributed by atoms with Crippen molar-refractivity contribution in [3.8, 4) is 17.1 Å². The van der Waals surface area contributed by atoms with Crippen LogP contribution in [-0.2, 0) is 20.9 Å². The quantitative estimate of drug-likeness (QED) is 0.219. The van der Waals surface area contributed by atoms with E-state index in [2.05, 4.69) is 71.9 Å². The molecular weight excluding hydrogens is 780 g/mol. The zero-order chi connectivity index (χ0) is 42.0. The van der Waals surface area contributed by atoms with Crippen molar-refractivity contribution in [2.75, 3.05) is 75.3 Å². The van der Waals surface area contributed by atoms with Gasteiger partial charge in [0.2, 0.25) is 11.8 Å². The van der Waals surface area contributed by atoms with Crippen molar-refractivity contribution in [2.45, 2.75) is 89.1 Å². The van der Waals surface area contributed by atoms with Gasteiger partial charge in [0.1, 0.15) is 35.2 Å². The van der Waals surface area contributed by atoms with E-state index in [9.17, 15) is 14.4 Å². The number of carbonyl (C=O) groups excluding carboxylic acids is 3. The lowest BCUT2D eigenvalue weighted by molar-refractivity contribution is -0.136. The van der Waals surface area contributed by atoms with Gasteiger partial charge >= 0.3 is 0 Å². The number of benzene rings is 2. The highest BCUT2D eigenvalue weighted by Crippen LogP contribution is 2.41. The predicted molar refractivity (Wildman–Crippen MR) is 227 cm³/mol. The number of rotatable bonds is 10. The van der Waals surface area contributed by atoms with E-state index in [0.29, 0.717) is 29.3 Å². The summed E-state index contributed by atoms with van der Waals surface area (Å²) in [4.78, 5) is 57.6. The second-order valence-electron chi connectivity index (χ2n) is 18.8. The fourth-order valence-corrected chi connectivity index (χ4v) is 10.1. The second-order valence-corrected chi connectivity index (χ2v) is 18.8. The molecule has 5 fully saturated rings. The number of nitrogens with one attached hydrogen (secondary N) is 2. The lowest BCUT2D eigenvalue weighted by atomic mass is 9.92. The number of ether oxygens (including phenoxy) is 2. The molecule has 322 valence electrons. The molecule has 5 aliphatic heterocycles. The number of fused-ring (bicyclic) bond motifs is 2. The van der Waals surface area contributed by atoms with E-state index in [-0.39, 0.29) is 54.3 Å². The van der Waals surface area contributed by atoms with Crippen molar-refractivity contribution in [1.29, 1.82) is 0 Å². The van der Waals surface area contributed by atoms with Crippen molar-refractivity contribution in [1.82, 2.24) is 40.2 Å². The molecule has 6 aliphatic rings. The minimum Gasteiger partial charge on any atom is -0.488 e. The Hall–Kier alpha value is -5.19. The standard InChI is InChI=1S/C45H55FN10O5/c1-44(2)26-52(22-28-10-14-53(15-11-28)36-7-5-31-33(40(36)46)25-56(43(31)59)37-8-9-39(57)49-42(37)58)16-17-55(44)24-30-23-54(18-19-60-30)38-21-35(47-27-48-38)41-32-20-29(61-45(3)12-13-45)4-6-34(32)50-51-41/h4-7,20-21,27-28,30,37H,8-19,22-26H2,1-3H3,(H,50,51)(H,49,57,58)/t30-,37?/m1/s1. The molecule has 61 heavy (non-hydrogen) atoms. The minimum absolute atomic E-state index is 0.0354. The van der Waals surface area contributed by atoms with Crippen LogP contribution >= 0.6 is 0 Å². The van der Waals surface area contributed by atoms with Crippen LogP contribution in [0.5, 0.6) is 5.75 Å². The van der Waals surface area contributed by atoms with Crippen molar-refractivity contribution in [3.63, 3.8) is 0 Å². The highest BCUT2D eigenvalue weighted by molar-refractivity contribution is 6.05. The van der Waals surface area contributed by atoms with Gasteiger partial charge in [0.15, 0.2) is 5.82 Å². The summed E-state index contributed by atoms with van der Waals surface area (Å²) in [7, 11) is 0. The third-order valence-electron chi connectivity index (χ3n) is 13.9. The molecular formula is C45H55FN10O5. The summed E-state index contributed by atoms with van der Waals surface area (Å²) < 4.78 is 28.7. The molecule has 1 unspecified atom stereocenters. The number of piperazine rings is 1.